The lowest BCUT2D eigenvalue weighted by molar-refractivity contribution is 0.351. The Balaban J connectivity index is 3.07. The van der Waals surface area contributed by atoms with E-state index in [2.05, 4.69) is 22.6 Å². The molecule has 0 saturated heterocycles. The smallest absolute Gasteiger partial charge is 0.164 e. The highest BCUT2D eigenvalue weighted by atomic mass is 127. The number of methoxy groups -OCH3 is 2. The van der Waals surface area contributed by atoms with Crippen molar-refractivity contribution < 1.29 is 9.47 Å². The Bertz CT molecular complexity index is 329. The summed E-state index contributed by atoms with van der Waals surface area (Å²) in [6.45, 7) is 0.691. The minimum Gasteiger partial charge on any atom is -0.493 e. The molecule has 0 heterocycles. The maximum atomic E-state index is 5.51. The summed E-state index contributed by atoms with van der Waals surface area (Å²) < 4.78 is 11.8. The molecular formula is C11H16INO2. The molecule has 1 rings (SSSR count). The first kappa shape index (κ1) is 12.6. The van der Waals surface area contributed by atoms with Gasteiger partial charge >= 0.3 is 0 Å². The second-order valence-electron chi connectivity index (χ2n) is 3.15. The van der Waals surface area contributed by atoms with E-state index in [9.17, 15) is 0 Å². The fourth-order valence-corrected chi connectivity index (χ4v) is 2.17. The van der Waals surface area contributed by atoms with E-state index in [1.165, 1.54) is 9.13 Å². The number of ether oxygens (including phenoxy) is 2. The van der Waals surface area contributed by atoms with Gasteiger partial charge in [-0.3, -0.25) is 0 Å². The minimum absolute atomic E-state index is 0.691. The molecule has 84 valence electrons. The van der Waals surface area contributed by atoms with Crippen LogP contribution in [0.25, 0.3) is 0 Å². The van der Waals surface area contributed by atoms with E-state index in [-0.39, 0.29) is 0 Å². The van der Waals surface area contributed by atoms with Crippen LogP contribution in [0.3, 0.4) is 0 Å². The van der Waals surface area contributed by atoms with Crippen molar-refractivity contribution in [2.24, 2.45) is 5.73 Å². The quantitative estimate of drug-likeness (QED) is 0.846. The molecule has 0 fully saturated rings. The van der Waals surface area contributed by atoms with Gasteiger partial charge in [-0.1, -0.05) is 0 Å². The van der Waals surface area contributed by atoms with Gasteiger partial charge in [-0.15, -0.1) is 0 Å². The van der Waals surface area contributed by atoms with Gasteiger partial charge < -0.3 is 15.2 Å². The lowest BCUT2D eigenvalue weighted by Gasteiger charge is -2.14. The van der Waals surface area contributed by atoms with E-state index >= 15 is 0 Å². The van der Waals surface area contributed by atoms with Gasteiger partial charge in [-0.05, 0) is 54.1 Å². The van der Waals surface area contributed by atoms with Crippen LogP contribution in [0.15, 0.2) is 12.1 Å². The Morgan fingerprint density at radius 1 is 1.27 bits per heavy atom. The van der Waals surface area contributed by atoms with Crippen molar-refractivity contribution >= 4 is 22.6 Å². The number of halogens is 1. The molecule has 1 aromatic rings. The van der Waals surface area contributed by atoms with Gasteiger partial charge in [0.15, 0.2) is 11.5 Å². The number of benzene rings is 1. The van der Waals surface area contributed by atoms with Gasteiger partial charge in [-0.25, -0.2) is 0 Å². The normalized spacial score (nSPS) is 10.1. The Morgan fingerprint density at radius 2 is 2.00 bits per heavy atom. The Labute approximate surface area is 104 Å². The van der Waals surface area contributed by atoms with Crippen molar-refractivity contribution in [3.05, 3.63) is 21.3 Å². The summed E-state index contributed by atoms with van der Waals surface area (Å²) in [5.74, 6) is 1.61. The molecule has 0 bridgehead atoms. The summed E-state index contributed by atoms with van der Waals surface area (Å²) in [5, 5.41) is 0. The lowest BCUT2D eigenvalue weighted by Crippen LogP contribution is -2.04. The van der Waals surface area contributed by atoms with Crippen LogP contribution in [0.5, 0.6) is 11.5 Å². The topological polar surface area (TPSA) is 44.5 Å². The first-order chi connectivity index (χ1) is 7.24. The van der Waals surface area contributed by atoms with Gasteiger partial charge in [-0.2, -0.15) is 0 Å². The number of hydrogen-bond acceptors (Lipinski definition) is 3. The van der Waals surface area contributed by atoms with Crippen molar-refractivity contribution in [2.45, 2.75) is 12.8 Å². The van der Waals surface area contributed by atoms with Gasteiger partial charge in [0, 0.05) is 9.13 Å². The third-order valence-electron chi connectivity index (χ3n) is 2.22. The number of nitrogens with two attached hydrogens (primary N) is 1. The zero-order chi connectivity index (χ0) is 11.3. The highest BCUT2D eigenvalue weighted by molar-refractivity contribution is 14.1. The van der Waals surface area contributed by atoms with E-state index < -0.39 is 0 Å². The van der Waals surface area contributed by atoms with Crippen molar-refractivity contribution in [3.8, 4) is 11.5 Å². The molecule has 15 heavy (non-hydrogen) atoms. The Morgan fingerprint density at radius 3 is 2.53 bits per heavy atom. The lowest BCUT2D eigenvalue weighted by atomic mass is 10.1. The minimum atomic E-state index is 0.691. The fraction of sp³-hybridized carbons (Fsp3) is 0.455. The molecule has 0 unspecified atom stereocenters. The third-order valence-corrected chi connectivity index (χ3v) is 3.23. The highest BCUT2D eigenvalue weighted by Gasteiger charge is 2.12. The molecule has 2 N–H and O–H groups in total. The number of hydrogen-bond donors (Lipinski definition) is 1. The molecule has 0 aliphatic heterocycles. The molecule has 0 spiro atoms. The monoisotopic (exact) mass is 321 g/mol. The van der Waals surface area contributed by atoms with Gasteiger partial charge in [0.1, 0.15) is 0 Å². The molecule has 3 nitrogen and oxygen atoms in total. The summed E-state index contributed by atoms with van der Waals surface area (Å²) in [6.07, 6.45) is 1.88. The average Bonchev–Trinajstić information content (AvgIpc) is 2.27. The summed E-state index contributed by atoms with van der Waals surface area (Å²) in [7, 11) is 3.32. The summed E-state index contributed by atoms with van der Waals surface area (Å²) >= 11 is 2.31. The summed E-state index contributed by atoms with van der Waals surface area (Å²) in [4.78, 5) is 0. The van der Waals surface area contributed by atoms with Crippen LogP contribution in [0.4, 0.5) is 0 Å². The zero-order valence-corrected chi connectivity index (χ0v) is 11.2. The van der Waals surface area contributed by atoms with Gasteiger partial charge in [0.2, 0.25) is 0 Å². The highest BCUT2D eigenvalue weighted by Crippen LogP contribution is 2.34. The van der Waals surface area contributed by atoms with Gasteiger partial charge in [0.05, 0.1) is 14.2 Å². The molecule has 0 radical (unpaired) electrons. The van der Waals surface area contributed by atoms with E-state index in [4.69, 9.17) is 15.2 Å². The van der Waals surface area contributed by atoms with Crippen molar-refractivity contribution in [2.75, 3.05) is 20.8 Å². The van der Waals surface area contributed by atoms with E-state index in [1.54, 1.807) is 14.2 Å². The van der Waals surface area contributed by atoms with Crippen LogP contribution in [0.1, 0.15) is 12.0 Å². The van der Waals surface area contributed by atoms with Gasteiger partial charge in [0.25, 0.3) is 0 Å². The van der Waals surface area contributed by atoms with E-state index in [0.29, 0.717) is 6.54 Å². The SMILES string of the molecule is COc1ccc(I)c(CCCN)c1OC. The second-order valence-corrected chi connectivity index (χ2v) is 4.32. The maximum absolute atomic E-state index is 5.51. The Kier molecular flexibility index (Phi) is 5.17. The maximum Gasteiger partial charge on any atom is 0.164 e. The third kappa shape index (κ3) is 2.98. The van der Waals surface area contributed by atoms with Crippen LogP contribution in [-0.4, -0.2) is 20.8 Å². The molecule has 4 heteroatoms. The van der Waals surface area contributed by atoms with Crippen molar-refractivity contribution in [1.29, 1.82) is 0 Å². The summed E-state index contributed by atoms with van der Waals surface area (Å²) in [6, 6.07) is 3.96. The van der Waals surface area contributed by atoms with Crippen LogP contribution in [0, 0.1) is 3.57 Å². The average molecular weight is 321 g/mol. The molecule has 0 aliphatic rings. The summed E-state index contributed by atoms with van der Waals surface area (Å²) in [5.41, 5.74) is 6.70. The van der Waals surface area contributed by atoms with E-state index in [0.717, 1.165) is 24.3 Å². The van der Waals surface area contributed by atoms with Crippen LogP contribution < -0.4 is 15.2 Å². The zero-order valence-electron chi connectivity index (χ0n) is 9.05. The first-order valence-electron chi connectivity index (χ1n) is 4.84. The van der Waals surface area contributed by atoms with Crippen LogP contribution in [-0.2, 0) is 6.42 Å². The number of rotatable bonds is 5. The second kappa shape index (κ2) is 6.17. The molecule has 0 aliphatic carbocycles. The largest absolute Gasteiger partial charge is 0.493 e. The molecular weight excluding hydrogens is 305 g/mol. The molecule has 0 amide bonds. The van der Waals surface area contributed by atoms with Crippen molar-refractivity contribution in [1.82, 2.24) is 0 Å². The predicted octanol–water partition coefficient (Wildman–Crippen LogP) is 2.20. The molecule has 0 saturated carbocycles. The Hall–Kier alpha value is -0.490. The fourth-order valence-electron chi connectivity index (χ4n) is 1.48. The predicted molar refractivity (Wildman–Crippen MR) is 69.6 cm³/mol. The van der Waals surface area contributed by atoms with Crippen LogP contribution >= 0.6 is 22.6 Å². The van der Waals surface area contributed by atoms with Crippen LogP contribution in [0.2, 0.25) is 0 Å². The molecule has 1 aromatic carbocycles. The van der Waals surface area contributed by atoms with Crippen molar-refractivity contribution in [3.63, 3.8) is 0 Å². The molecule has 0 aromatic heterocycles. The first-order valence-corrected chi connectivity index (χ1v) is 5.91. The standard InChI is InChI=1S/C11H16INO2/c1-14-10-6-5-9(12)8(4-3-7-13)11(10)15-2/h5-6H,3-4,7,13H2,1-2H3. The van der Waals surface area contributed by atoms with E-state index in [1.807, 2.05) is 12.1 Å². The molecule has 0 atom stereocenters.